The van der Waals surface area contributed by atoms with E-state index < -0.39 is 0 Å². The first-order valence-corrected chi connectivity index (χ1v) is 4.19. The Balaban J connectivity index is 2.04. The number of ether oxygens (including phenoxy) is 2. The molecule has 1 rings (SSSR count). The fraction of sp³-hybridized carbons (Fsp3) is 0.667. The molecule has 0 N–H and O–H groups in total. The highest BCUT2D eigenvalue weighted by atomic mass is 16.6. The number of hydrogen-bond acceptors (Lipinski definition) is 3. The lowest BCUT2D eigenvalue weighted by molar-refractivity contribution is -0.139. The van der Waals surface area contributed by atoms with Crippen molar-refractivity contribution in [2.24, 2.45) is 0 Å². The van der Waals surface area contributed by atoms with Gasteiger partial charge < -0.3 is 9.47 Å². The Kier molecular flexibility index (Phi) is 3.29. The van der Waals surface area contributed by atoms with E-state index in [0.717, 1.165) is 6.42 Å². The summed E-state index contributed by atoms with van der Waals surface area (Å²) < 4.78 is 9.95. The van der Waals surface area contributed by atoms with Crippen LogP contribution in [0.25, 0.3) is 0 Å². The van der Waals surface area contributed by atoms with Gasteiger partial charge in [0.05, 0.1) is 6.10 Å². The van der Waals surface area contributed by atoms with Crippen LogP contribution in [0.5, 0.6) is 0 Å². The monoisotopic (exact) mass is 170 g/mol. The van der Waals surface area contributed by atoms with Gasteiger partial charge in [0.2, 0.25) is 0 Å². The first-order chi connectivity index (χ1) is 5.74. The quantitative estimate of drug-likeness (QED) is 0.362. The van der Waals surface area contributed by atoms with Gasteiger partial charge in [0.15, 0.2) is 0 Å². The second-order valence-corrected chi connectivity index (χ2v) is 2.78. The molecule has 0 aliphatic carbocycles. The Labute approximate surface area is 72.4 Å². The minimum atomic E-state index is -0.247. The van der Waals surface area contributed by atoms with Crippen LogP contribution in [-0.4, -0.2) is 24.8 Å². The highest BCUT2D eigenvalue weighted by Crippen LogP contribution is 2.25. The second-order valence-electron chi connectivity index (χ2n) is 2.78. The average Bonchev–Trinajstić information content (AvgIpc) is 2.76. The molecule has 0 aromatic rings. The molecule has 0 spiro atoms. The Morgan fingerprint density at radius 1 is 1.67 bits per heavy atom. The van der Waals surface area contributed by atoms with Gasteiger partial charge >= 0.3 is 5.97 Å². The lowest BCUT2D eigenvalue weighted by atomic mass is 10.2. The summed E-state index contributed by atoms with van der Waals surface area (Å²) in [4.78, 5) is 10.3. The molecule has 0 amide bonds. The molecule has 1 aliphatic rings. The van der Waals surface area contributed by atoms with Gasteiger partial charge in [-0.25, -0.2) is 0 Å². The fourth-order valence-corrected chi connectivity index (χ4v) is 1.01. The summed E-state index contributed by atoms with van der Waals surface area (Å²) in [6, 6.07) is 0. The number of carbonyl (C=O) groups excluding carboxylic acids is 1. The van der Waals surface area contributed by atoms with Gasteiger partial charge in [0, 0.05) is 6.92 Å². The van der Waals surface area contributed by atoms with E-state index in [9.17, 15) is 4.79 Å². The van der Waals surface area contributed by atoms with Gasteiger partial charge in [0.1, 0.15) is 12.7 Å². The van der Waals surface area contributed by atoms with Crippen LogP contribution in [0.2, 0.25) is 0 Å². The van der Waals surface area contributed by atoms with Crippen LogP contribution in [0.4, 0.5) is 0 Å². The van der Waals surface area contributed by atoms with Gasteiger partial charge in [-0.3, -0.25) is 4.79 Å². The molecule has 1 heterocycles. The van der Waals surface area contributed by atoms with Crippen molar-refractivity contribution in [2.45, 2.75) is 32.5 Å². The molecule has 0 aromatic carbocycles. The zero-order chi connectivity index (χ0) is 8.97. The summed E-state index contributed by atoms with van der Waals surface area (Å²) in [5.41, 5.74) is 0. The first kappa shape index (κ1) is 9.26. The summed E-state index contributed by atoms with van der Waals surface area (Å²) in [7, 11) is 0. The van der Waals surface area contributed by atoms with E-state index in [1.165, 1.54) is 6.92 Å². The molecule has 68 valence electrons. The average molecular weight is 170 g/mol. The summed E-state index contributed by atoms with van der Waals surface area (Å²) >= 11 is 0. The lowest BCUT2D eigenvalue weighted by Gasteiger charge is -1.92. The van der Waals surface area contributed by atoms with E-state index in [2.05, 4.69) is 6.92 Å². The third kappa shape index (κ3) is 3.05. The van der Waals surface area contributed by atoms with Crippen molar-refractivity contribution in [3.05, 3.63) is 12.2 Å². The lowest BCUT2D eigenvalue weighted by Crippen LogP contribution is -1.98. The maximum Gasteiger partial charge on any atom is 0.302 e. The van der Waals surface area contributed by atoms with Crippen molar-refractivity contribution >= 4 is 5.97 Å². The topological polar surface area (TPSA) is 38.8 Å². The maximum absolute atomic E-state index is 10.3. The van der Waals surface area contributed by atoms with E-state index in [1.54, 1.807) is 0 Å². The van der Waals surface area contributed by atoms with Crippen LogP contribution >= 0.6 is 0 Å². The predicted molar refractivity (Wildman–Crippen MR) is 44.7 cm³/mol. The Bertz CT molecular complexity index is 186. The number of esters is 1. The molecule has 1 aliphatic heterocycles. The molecule has 2 atom stereocenters. The summed E-state index contributed by atoms with van der Waals surface area (Å²) in [5, 5.41) is 0. The maximum atomic E-state index is 10.3. The molecule has 1 saturated heterocycles. The van der Waals surface area contributed by atoms with Crippen molar-refractivity contribution in [1.29, 1.82) is 0 Å². The third-order valence-corrected chi connectivity index (χ3v) is 1.73. The van der Waals surface area contributed by atoms with E-state index in [1.807, 2.05) is 12.2 Å². The molecular formula is C9H14O3. The molecule has 0 bridgehead atoms. The number of carbonyl (C=O) groups is 1. The standard InChI is InChI=1S/C9H14O3/c1-3-8-9(12-8)5-4-6-11-7(2)10/h4-5,8-9H,3,6H2,1-2H3/b5-4+. The predicted octanol–water partition coefficient (Wildman–Crippen LogP) is 1.28. The van der Waals surface area contributed by atoms with Crippen molar-refractivity contribution in [1.82, 2.24) is 0 Å². The van der Waals surface area contributed by atoms with E-state index in [4.69, 9.17) is 9.47 Å². The van der Waals surface area contributed by atoms with Crippen LogP contribution in [-0.2, 0) is 14.3 Å². The molecule has 3 nitrogen and oxygen atoms in total. The van der Waals surface area contributed by atoms with Crippen molar-refractivity contribution in [2.75, 3.05) is 6.61 Å². The van der Waals surface area contributed by atoms with Crippen LogP contribution in [0.1, 0.15) is 20.3 Å². The number of rotatable bonds is 4. The zero-order valence-electron chi connectivity index (χ0n) is 7.45. The first-order valence-electron chi connectivity index (χ1n) is 4.19. The third-order valence-electron chi connectivity index (χ3n) is 1.73. The van der Waals surface area contributed by atoms with Crippen LogP contribution in [0.3, 0.4) is 0 Å². The van der Waals surface area contributed by atoms with Crippen LogP contribution in [0, 0.1) is 0 Å². The van der Waals surface area contributed by atoms with Crippen molar-refractivity contribution in [3.63, 3.8) is 0 Å². The number of hydrogen-bond donors (Lipinski definition) is 0. The van der Waals surface area contributed by atoms with Crippen LogP contribution in [0.15, 0.2) is 12.2 Å². The van der Waals surface area contributed by atoms with E-state index >= 15 is 0 Å². The molecule has 0 saturated carbocycles. The molecular weight excluding hydrogens is 156 g/mol. The zero-order valence-corrected chi connectivity index (χ0v) is 7.45. The van der Waals surface area contributed by atoms with Gasteiger partial charge in [-0.2, -0.15) is 0 Å². The Hall–Kier alpha value is -0.830. The fourth-order valence-electron chi connectivity index (χ4n) is 1.01. The van der Waals surface area contributed by atoms with Gasteiger partial charge in [-0.1, -0.05) is 13.0 Å². The van der Waals surface area contributed by atoms with Crippen molar-refractivity contribution < 1.29 is 14.3 Å². The van der Waals surface area contributed by atoms with Crippen molar-refractivity contribution in [3.8, 4) is 0 Å². The highest BCUT2D eigenvalue weighted by Gasteiger charge is 2.33. The van der Waals surface area contributed by atoms with E-state index in [-0.39, 0.29) is 12.1 Å². The van der Waals surface area contributed by atoms with Gasteiger partial charge in [-0.15, -0.1) is 0 Å². The molecule has 0 aromatic heterocycles. The second kappa shape index (κ2) is 4.26. The van der Waals surface area contributed by atoms with E-state index in [0.29, 0.717) is 12.7 Å². The van der Waals surface area contributed by atoms with Gasteiger partial charge in [0.25, 0.3) is 0 Å². The largest absolute Gasteiger partial charge is 0.462 e. The SMILES string of the molecule is CCC1OC1/C=C/COC(C)=O. The van der Waals surface area contributed by atoms with Crippen LogP contribution < -0.4 is 0 Å². The Morgan fingerprint density at radius 2 is 2.42 bits per heavy atom. The molecule has 0 radical (unpaired) electrons. The molecule has 1 fully saturated rings. The Morgan fingerprint density at radius 3 is 2.92 bits per heavy atom. The summed E-state index contributed by atoms with van der Waals surface area (Å²) in [6.45, 7) is 3.84. The molecule has 2 unspecified atom stereocenters. The smallest absolute Gasteiger partial charge is 0.302 e. The molecule has 3 heteroatoms. The normalized spacial score (nSPS) is 27.5. The summed E-state index contributed by atoms with van der Waals surface area (Å²) in [6.07, 6.45) is 5.45. The summed E-state index contributed by atoms with van der Waals surface area (Å²) in [5.74, 6) is -0.247. The minimum absolute atomic E-state index is 0.247. The molecule has 12 heavy (non-hydrogen) atoms. The highest BCUT2D eigenvalue weighted by molar-refractivity contribution is 5.65. The minimum Gasteiger partial charge on any atom is -0.462 e. The van der Waals surface area contributed by atoms with Gasteiger partial charge in [-0.05, 0) is 12.5 Å². The number of epoxide rings is 1.